The maximum absolute atomic E-state index is 6.51. The standard InChI is InChI=1S/C37H27N4O/c1-26-20-21-38-37(22-26)41-33-15-6-5-14-31(33)32-19-18-30(24-36(32)41)42-29-13-9-12-28(23-29)40-25-39(27-10-3-2-4-11-27)34-16-7-8-17-35(34)40/h2-25H,1H3/q+1. The monoisotopic (exact) mass is 543 g/mol. The van der Waals surface area contributed by atoms with Gasteiger partial charge in [0.05, 0.1) is 11.0 Å². The van der Waals surface area contributed by atoms with Gasteiger partial charge in [0.15, 0.2) is 17.4 Å². The molecule has 0 N–H and O–H groups in total. The molecule has 0 aliphatic heterocycles. The first-order valence-corrected chi connectivity index (χ1v) is 14.0. The van der Waals surface area contributed by atoms with Crippen LogP contribution in [0.25, 0.3) is 50.0 Å². The first-order valence-electron chi connectivity index (χ1n) is 14.0. The Morgan fingerprint density at radius 3 is 2.02 bits per heavy atom. The lowest BCUT2D eigenvalue weighted by Gasteiger charge is -2.10. The van der Waals surface area contributed by atoms with Crippen molar-refractivity contribution in [2.45, 2.75) is 6.92 Å². The Bertz CT molecular complexity index is 2240. The fourth-order valence-corrected chi connectivity index (χ4v) is 5.85. The van der Waals surface area contributed by atoms with Crippen LogP contribution in [-0.4, -0.2) is 18.7 Å². The van der Waals surface area contributed by atoms with E-state index in [4.69, 9.17) is 9.72 Å². The molecule has 0 aliphatic rings. The van der Waals surface area contributed by atoms with Gasteiger partial charge >= 0.3 is 0 Å². The van der Waals surface area contributed by atoms with Gasteiger partial charge in [-0.15, -0.1) is 0 Å². The van der Waals surface area contributed by atoms with E-state index in [-0.39, 0.29) is 0 Å². The number of fused-ring (bicyclic) bond motifs is 4. The number of aryl methyl sites for hydroxylation is 1. The van der Waals surface area contributed by atoms with Crippen molar-refractivity contribution in [2.24, 2.45) is 0 Å². The largest absolute Gasteiger partial charge is 0.456 e. The summed E-state index contributed by atoms with van der Waals surface area (Å²) in [5, 5.41) is 2.36. The molecule has 0 amide bonds. The Morgan fingerprint density at radius 2 is 1.21 bits per heavy atom. The second-order valence-electron chi connectivity index (χ2n) is 10.5. The topological polar surface area (TPSA) is 36.9 Å². The molecule has 0 saturated carbocycles. The number of nitrogens with zero attached hydrogens (tertiary/aromatic N) is 4. The van der Waals surface area contributed by atoms with E-state index in [9.17, 15) is 0 Å². The van der Waals surface area contributed by atoms with Crippen LogP contribution in [0, 0.1) is 6.92 Å². The first-order chi connectivity index (χ1) is 20.7. The zero-order chi connectivity index (χ0) is 28.0. The molecule has 0 spiro atoms. The highest BCUT2D eigenvalue weighted by Crippen LogP contribution is 2.35. The zero-order valence-corrected chi connectivity index (χ0v) is 23.1. The molecule has 3 aromatic heterocycles. The molecule has 0 saturated heterocycles. The van der Waals surface area contributed by atoms with Crippen LogP contribution in [-0.2, 0) is 0 Å². The van der Waals surface area contributed by atoms with Crippen LogP contribution in [0.2, 0.25) is 0 Å². The van der Waals surface area contributed by atoms with Gasteiger partial charge < -0.3 is 4.74 Å². The number of imidazole rings is 1. The molecule has 5 aromatic carbocycles. The second-order valence-corrected chi connectivity index (χ2v) is 10.5. The van der Waals surface area contributed by atoms with Crippen molar-refractivity contribution in [3.05, 3.63) is 152 Å². The lowest BCUT2D eigenvalue weighted by Crippen LogP contribution is -1.97. The van der Waals surface area contributed by atoms with E-state index in [1.165, 1.54) is 16.3 Å². The van der Waals surface area contributed by atoms with Crippen molar-refractivity contribution >= 4 is 32.8 Å². The predicted octanol–water partition coefficient (Wildman–Crippen LogP) is 9.30. The van der Waals surface area contributed by atoms with E-state index in [0.717, 1.165) is 50.8 Å². The summed E-state index contributed by atoms with van der Waals surface area (Å²) in [5.74, 6) is 2.44. The van der Waals surface area contributed by atoms with Crippen LogP contribution in [0.3, 0.4) is 0 Å². The van der Waals surface area contributed by atoms with E-state index < -0.39 is 0 Å². The Balaban J connectivity index is 1.22. The summed E-state index contributed by atoms with van der Waals surface area (Å²) in [7, 11) is 0. The Labute approximate surface area is 243 Å². The first kappa shape index (κ1) is 24.1. The van der Waals surface area contributed by atoms with Gasteiger partial charge in [-0.3, -0.25) is 4.57 Å². The third kappa shape index (κ3) is 4.02. The SMILES string of the molecule is Cc1ccnc(-n2c3ccccc3c3ccc(Oc4cccc(-n5[cH+]n(-c6ccccc6)c6ccccc65)c4)cc32)c1. The van der Waals surface area contributed by atoms with Crippen molar-refractivity contribution in [2.75, 3.05) is 0 Å². The van der Waals surface area contributed by atoms with Crippen molar-refractivity contribution in [1.82, 2.24) is 18.7 Å². The maximum Gasteiger partial charge on any atom is 0.168 e. The third-order valence-electron chi connectivity index (χ3n) is 7.77. The van der Waals surface area contributed by atoms with E-state index >= 15 is 0 Å². The Morgan fingerprint density at radius 1 is 0.548 bits per heavy atom. The van der Waals surface area contributed by atoms with Crippen LogP contribution in [0.5, 0.6) is 11.5 Å². The molecule has 0 atom stereocenters. The summed E-state index contributed by atoms with van der Waals surface area (Å²) in [4.78, 5) is 4.71. The van der Waals surface area contributed by atoms with Crippen molar-refractivity contribution in [1.29, 1.82) is 0 Å². The number of benzene rings is 5. The summed E-state index contributed by atoms with van der Waals surface area (Å²) in [6, 6.07) is 46.0. The zero-order valence-electron chi connectivity index (χ0n) is 23.1. The lowest BCUT2D eigenvalue weighted by atomic mass is 10.1. The highest BCUT2D eigenvalue weighted by Gasteiger charge is 2.18. The van der Waals surface area contributed by atoms with Crippen molar-refractivity contribution < 1.29 is 4.74 Å². The highest BCUT2D eigenvalue weighted by molar-refractivity contribution is 6.09. The van der Waals surface area contributed by atoms with Crippen LogP contribution in [0.4, 0.5) is 0 Å². The van der Waals surface area contributed by atoms with Crippen LogP contribution < -0.4 is 4.74 Å². The predicted molar refractivity (Wildman–Crippen MR) is 170 cm³/mol. The molecule has 0 fully saturated rings. The van der Waals surface area contributed by atoms with Gasteiger partial charge in [0, 0.05) is 41.2 Å². The number of aromatic nitrogens is 4. The average molecular weight is 544 g/mol. The molecular weight excluding hydrogens is 516 g/mol. The number of hydrogen-bond donors (Lipinski definition) is 0. The van der Waals surface area contributed by atoms with E-state index in [1.54, 1.807) is 0 Å². The minimum atomic E-state index is 0.771. The molecule has 5 nitrogen and oxygen atoms in total. The van der Waals surface area contributed by atoms with Gasteiger partial charge in [-0.25, -0.2) is 4.98 Å². The summed E-state index contributed by atoms with van der Waals surface area (Å²) >= 11 is 0. The average Bonchev–Trinajstić information content (AvgIpc) is 3.58. The third-order valence-corrected chi connectivity index (χ3v) is 7.77. The maximum atomic E-state index is 6.51. The summed E-state index contributed by atoms with van der Waals surface area (Å²) in [6.07, 6.45) is 4.00. The van der Waals surface area contributed by atoms with Gasteiger partial charge in [0.1, 0.15) is 28.7 Å². The highest BCUT2D eigenvalue weighted by atomic mass is 16.5. The molecule has 0 unspecified atom stereocenters. The quantitative estimate of drug-likeness (QED) is 0.203. The molecular formula is C37H27N4O+. The van der Waals surface area contributed by atoms with Gasteiger partial charge in [-0.2, -0.15) is 9.13 Å². The number of pyridine rings is 1. The lowest BCUT2D eigenvalue weighted by molar-refractivity contribution is 0.483. The number of para-hydroxylation sites is 4. The van der Waals surface area contributed by atoms with Crippen molar-refractivity contribution in [3.63, 3.8) is 0 Å². The molecule has 8 rings (SSSR count). The normalized spacial score (nSPS) is 11.5. The fraction of sp³-hybridized carbons (Fsp3) is 0.0270. The summed E-state index contributed by atoms with van der Waals surface area (Å²) in [5.41, 5.74) is 7.75. The number of hydrogen-bond acceptors (Lipinski definition) is 2. The van der Waals surface area contributed by atoms with E-state index in [0.29, 0.717) is 0 Å². The minimum Gasteiger partial charge on any atom is -0.456 e. The molecule has 0 bridgehead atoms. The number of ether oxygens (including phenoxy) is 1. The number of rotatable bonds is 5. The minimum absolute atomic E-state index is 0.771. The molecule has 5 heteroatoms. The van der Waals surface area contributed by atoms with Gasteiger partial charge in [-0.1, -0.05) is 48.5 Å². The molecule has 0 aliphatic carbocycles. The second kappa shape index (κ2) is 9.75. The smallest absolute Gasteiger partial charge is 0.168 e. The van der Waals surface area contributed by atoms with Crippen LogP contribution in [0.1, 0.15) is 5.56 Å². The van der Waals surface area contributed by atoms with E-state index in [2.05, 4.69) is 130 Å². The fourth-order valence-electron chi connectivity index (χ4n) is 5.85. The molecule has 0 radical (unpaired) electrons. The van der Waals surface area contributed by atoms with E-state index in [1.807, 2.05) is 36.5 Å². The molecule has 8 aromatic rings. The Hall–Kier alpha value is -5.68. The Kier molecular flexibility index (Phi) is 5.61. The molecule has 200 valence electrons. The van der Waals surface area contributed by atoms with Crippen molar-refractivity contribution in [3.8, 4) is 28.7 Å². The summed E-state index contributed by atoms with van der Waals surface area (Å²) < 4.78 is 13.2. The van der Waals surface area contributed by atoms with Gasteiger partial charge in [0.2, 0.25) is 0 Å². The van der Waals surface area contributed by atoms with Gasteiger partial charge in [0.25, 0.3) is 0 Å². The molecule has 42 heavy (non-hydrogen) atoms. The van der Waals surface area contributed by atoms with Crippen LogP contribution >= 0.6 is 0 Å². The summed E-state index contributed by atoms with van der Waals surface area (Å²) in [6.45, 7) is 2.09. The van der Waals surface area contributed by atoms with Crippen LogP contribution in [0.15, 0.2) is 146 Å². The molecule has 3 heterocycles. The van der Waals surface area contributed by atoms with Gasteiger partial charge in [-0.05, 0) is 73.2 Å².